The molecule has 0 unspecified atom stereocenters. The SMILES string of the molecule is CO[C@@H]1CCCOC12CCN(Cc1nc[nH]c1C)CC2. The highest BCUT2D eigenvalue weighted by Gasteiger charge is 2.44. The zero-order valence-electron chi connectivity index (χ0n) is 12.5. The van der Waals surface area contributed by atoms with Crippen molar-refractivity contribution in [2.75, 3.05) is 26.8 Å². The topological polar surface area (TPSA) is 50.4 Å². The van der Waals surface area contributed by atoms with E-state index in [0.29, 0.717) is 0 Å². The molecule has 1 aromatic rings. The first-order valence-corrected chi connectivity index (χ1v) is 7.61. The van der Waals surface area contributed by atoms with Gasteiger partial charge in [0.2, 0.25) is 0 Å². The number of piperidine rings is 1. The number of aromatic amines is 1. The van der Waals surface area contributed by atoms with E-state index in [0.717, 1.165) is 57.6 Å². The third-order valence-corrected chi connectivity index (χ3v) is 4.88. The average Bonchev–Trinajstić information content (AvgIpc) is 2.87. The smallest absolute Gasteiger partial charge is 0.0967 e. The number of nitrogens with zero attached hydrogens (tertiary/aromatic N) is 2. The number of nitrogens with one attached hydrogen (secondary N) is 1. The highest BCUT2D eigenvalue weighted by Crippen LogP contribution is 2.37. The maximum atomic E-state index is 6.14. The van der Waals surface area contributed by atoms with Gasteiger partial charge in [0.05, 0.1) is 23.7 Å². The van der Waals surface area contributed by atoms with Crippen molar-refractivity contribution in [2.45, 2.75) is 50.9 Å². The van der Waals surface area contributed by atoms with Gasteiger partial charge in [-0.15, -0.1) is 0 Å². The van der Waals surface area contributed by atoms with Crippen molar-refractivity contribution in [3.05, 3.63) is 17.7 Å². The molecule has 5 nitrogen and oxygen atoms in total. The molecule has 1 atom stereocenters. The van der Waals surface area contributed by atoms with Crippen LogP contribution in [-0.4, -0.2) is 53.4 Å². The normalized spacial score (nSPS) is 27.0. The number of methoxy groups -OCH3 is 1. The van der Waals surface area contributed by atoms with Gasteiger partial charge in [0, 0.05) is 39.0 Å². The van der Waals surface area contributed by atoms with Gasteiger partial charge in [-0.25, -0.2) is 4.98 Å². The van der Waals surface area contributed by atoms with Crippen molar-refractivity contribution in [3.8, 4) is 0 Å². The first-order chi connectivity index (χ1) is 9.73. The van der Waals surface area contributed by atoms with Gasteiger partial charge in [-0.3, -0.25) is 4.90 Å². The Labute approximate surface area is 120 Å². The van der Waals surface area contributed by atoms with Crippen LogP contribution in [0.4, 0.5) is 0 Å². The lowest BCUT2D eigenvalue weighted by Gasteiger charge is -2.48. The third kappa shape index (κ3) is 2.62. The fourth-order valence-electron chi connectivity index (χ4n) is 3.55. The summed E-state index contributed by atoms with van der Waals surface area (Å²) >= 11 is 0. The molecule has 1 spiro atoms. The lowest BCUT2D eigenvalue weighted by molar-refractivity contribution is -0.186. The molecule has 0 aliphatic carbocycles. The van der Waals surface area contributed by atoms with Crippen molar-refractivity contribution < 1.29 is 9.47 Å². The minimum Gasteiger partial charge on any atom is -0.378 e. The lowest BCUT2D eigenvalue weighted by Crippen LogP contribution is -2.55. The van der Waals surface area contributed by atoms with E-state index in [1.54, 1.807) is 6.33 Å². The molecule has 20 heavy (non-hydrogen) atoms. The Morgan fingerprint density at radius 2 is 2.30 bits per heavy atom. The van der Waals surface area contributed by atoms with Crippen LogP contribution >= 0.6 is 0 Å². The number of H-pyrrole nitrogens is 1. The molecule has 2 aliphatic heterocycles. The van der Waals surface area contributed by atoms with Crippen LogP contribution in [0.25, 0.3) is 0 Å². The van der Waals surface area contributed by atoms with Gasteiger partial charge in [0.1, 0.15) is 0 Å². The number of hydrogen-bond acceptors (Lipinski definition) is 4. The van der Waals surface area contributed by atoms with Crippen LogP contribution in [0.15, 0.2) is 6.33 Å². The van der Waals surface area contributed by atoms with E-state index in [1.807, 2.05) is 7.11 Å². The van der Waals surface area contributed by atoms with Crippen LogP contribution in [0.2, 0.25) is 0 Å². The monoisotopic (exact) mass is 279 g/mol. The Balaban J connectivity index is 1.60. The maximum absolute atomic E-state index is 6.14. The summed E-state index contributed by atoms with van der Waals surface area (Å²) in [5.74, 6) is 0. The summed E-state index contributed by atoms with van der Waals surface area (Å²) < 4.78 is 11.8. The van der Waals surface area contributed by atoms with E-state index in [1.165, 1.54) is 5.69 Å². The van der Waals surface area contributed by atoms with E-state index < -0.39 is 0 Å². The number of ether oxygens (including phenoxy) is 2. The standard InChI is InChI=1S/C15H25N3O2/c1-12-13(17-11-16-12)10-18-7-5-15(6-8-18)14(19-2)4-3-9-20-15/h11,14H,3-10H2,1-2H3,(H,16,17)/t14-/m1/s1. The fraction of sp³-hybridized carbons (Fsp3) is 0.800. The van der Waals surface area contributed by atoms with E-state index in [-0.39, 0.29) is 11.7 Å². The van der Waals surface area contributed by atoms with Crippen molar-refractivity contribution in [1.82, 2.24) is 14.9 Å². The van der Waals surface area contributed by atoms with Crippen LogP contribution in [0, 0.1) is 6.92 Å². The molecule has 0 saturated carbocycles. The fourth-order valence-corrected chi connectivity index (χ4v) is 3.55. The molecular weight excluding hydrogens is 254 g/mol. The van der Waals surface area contributed by atoms with Crippen molar-refractivity contribution in [3.63, 3.8) is 0 Å². The summed E-state index contributed by atoms with van der Waals surface area (Å²) in [6, 6.07) is 0. The highest BCUT2D eigenvalue weighted by molar-refractivity contribution is 5.09. The second-order valence-electron chi connectivity index (χ2n) is 6.03. The largest absolute Gasteiger partial charge is 0.378 e. The van der Waals surface area contributed by atoms with E-state index in [2.05, 4.69) is 21.8 Å². The number of aryl methyl sites for hydroxylation is 1. The molecule has 3 rings (SSSR count). The molecule has 0 bridgehead atoms. The highest BCUT2D eigenvalue weighted by atomic mass is 16.5. The van der Waals surface area contributed by atoms with Gasteiger partial charge >= 0.3 is 0 Å². The van der Waals surface area contributed by atoms with E-state index >= 15 is 0 Å². The molecule has 1 aromatic heterocycles. The molecule has 0 aromatic carbocycles. The van der Waals surface area contributed by atoms with Crippen molar-refractivity contribution >= 4 is 0 Å². The van der Waals surface area contributed by atoms with E-state index in [9.17, 15) is 0 Å². The first-order valence-electron chi connectivity index (χ1n) is 7.61. The van der Waals surface area contributed by atoms with Gasteiger partial charge in [-0.05, 0) is 32.6 Å². The lowest BCUT2D eigenvalue weighted by atomic mass is 9.82. The summed E-state index contributed by atoms with van der Waals surface area (Å²) in [5, 5.41) is 0. The van der Waals surface area contributed by atoms with Crippen LogP contribution in [0.3, 0.4) is 0 Å². The Bertz CT molecular complexity index is 438. The van der Waals surface area contributed by atoms with Crippen LogP contribution in [-0.2, 0) is 16.0 Å². The molecule has 3 heterocycles. The molecule has 0 radical (unpaired) electrons. The van der Waals surface area contributed by atoms with Gasteiger partial charge in [0.25, 0.3) is 0 Å². The molecule has 2 aliphatic rings. The summed E-state index contributed by atoms with van der Waals surface area (Å²) in [7, 11) is 1.82. The third-order valence-electron chi connectivity index (χ3n) is 4.88. The molecule has 5 heteroatoms. The Hall–Kier alpha value is -0.910. The quantitative estimate of drug-likeness (QED) is 0.918. The van der Waals surface area contributed by atoms with Gasteiger partial charge in [-0.1, -0.05) is 0 Å². The Morgan fingerprint density at radius 1 is 1.50 bits per heavy atom. The number of likely N-dealkylation sites (tertiary alicyclic amines) is 1. The molecule has 1 N–H and O–H groups in total. The molecular formula is C15H25N3O2. The molecule has 2 fully saturated rings. The summed E-state index contributed by atoms with van der Waals surface area (Å²) in [4.78, 5) is 10.0. The summed E-state index contributed by atoms with van der Waals surface area (Å²) in [5.41, 5.74) is 2.30. The molecule has 0 amide bonds. The molecule has 2 saturated heterocycles. The van der Waals surface area contributed by atoms with E-state index in [4.69, 9.17) is 9.47 Å². The summed E-state index contributed by atoms with van der Waals surface area (Å²) in [6.45, 7) is 6.03. The Kier molecular flexibility index (Phi) is 4.10. The van der Waals surface area contributed by atoms with Gasteiger partial charge in [0.15, 0.2) is 0 Å². The zero-order valence-corrected chi connectivity index (χ0v) is 12.5. The number of rotatable bonds is 3. The van der Waals surface area contributed by atoms with Crippen molar-refractivity contribution in [1.29, 1.82) is 0 Å². The summed E-state index contributed by atoms with van der Waals surface area (Å²) in [6.07, 6.45) is 6.43. The number of hydrogen-bond donors (Lipinski definition) is 1. The second-order valence-corrected chi connectivity index (χ2v) is 6.03. The predicted molar refractivity (Wildman–Crippen MR) is 76.5 cm³/mol. The zero-order chi connectivity index (χ0) is 14.0. The van der Waals surface area contributed by atoms with Crippen molar-refractivity contribution in [2.24, 2.45) is 0 Å². The van der Waals surface area contributed by atoms with Crippen LogP contribution in [0.1, 0.15) is 37.1 Å². The number of imidazole rings is 1. The minimum absolute atomic E-state index is 0.0376. The Morgan fingerprint density at radius 3 is 2.95 bits per heavy atom. The minimum atomic E-state index is -0.0376. The van der Waals surface area contributed by atoms with Crippen LogP contribution in [0.5, 0.6) is 0 Å². The maximum Gasteiger partial charge on any atom is 0.0967 e. The second kappa shape index (κ2) is 5.84. The van der Waals surface area contributed by atoms with Crippen LogP contribution < -0.4 is 0 Å². The van der Waals surface area contributed by atoms with Gasteiger partial charge in [-0.2, -0.15) is 0 Å². The first kappa shape index (κ1) is 14.0. The predicted octanol–water partition coefficient (Wildman–Crippen LogP) is 1.88. The van der Waals surface area contributed by atoms with Gasteiger partial charge < -0.3 is 14.5 Å². The number of aromatic nitrogens is 2. The average molecular weight is 279 g/mol. The molecule has 112 valence electrons.